The van der Waals surface area contributed by atoms with Gasteiger partial charge in [0.15, 0.2) is 0 Å². The average molecular weight is 653 g/mol. The van der Waals surface area contributed by atoms with Crippen molar-refractivity contribution in [1.29, 1.82) is 0 Å². The quantitative estimate of drug-likeness (QED) is 0.165. The first-order chi connectivity index (χ1) is 19.7. The third kappa shape index (κ3) is 7.12. The molecule has 1 aliphatic heterocycles. The first-order valence-electron chi connectivity index (χ1n) is 12.9. The van der Waals surface area contributed by atoms with Gasteiger partial charge in [-0.05, 0) is 97.6 Å². The topological polar surface area (TPSA) is 84.0 Å². The van der Waals surface area contributed by atoms with Gasteiger partial charge in [0.2, 0.25) is 5.88 Å². The maximum atomic E-state index is 14.4. The van der Waals surface area contributed by atoms with Crippen molar-refractivity contribution in [3.05, 3.63) is 75.6 Å². The highest BCUT2D eigenvalue weighted by molar-refractivity contribution is 9.10. The van der Waals surface area contributed by atoms with E-state index < -0.39 is 35.2 Å². The number of methoxy groups -OCH3 is 1. The largest absolute Gasteiger partial charge is 0.481 e. The van der Waals surface area contributed by atoms with Crippen molar-refractivity contribution in [2.24, 2.45) is 0 Å². The molecule has 1 N–H and O–H groups in total. The number of hydrogen-bond donors (Lipinski definition) is 1. The van der Waals surface area contributed by atoms with E-state index in [0.29, 0.717) is 29.2 Å². The van der Waals surface area contributed by atoms with Crippen molar-refractivity contribution < 1.29 is 36.6 Å². The highest BCUT2D eigenvalue weighted by atomic mass is 79.9. The SMILES string of the molecule is COc1ccc(N2CN(c3ccc(F)cc3CCCNC(=O)OC(C)(C)C)c3cc(C(F)(F)F)ccc3C2=O)c(Br)n1. The molecule has 2 amide bonds. The van der Waals surface area contributed by atoms with Gasteiger partial charge in [-0.25, -0.2) is 14.2 Å². The van der Waals surface area contributed by atoms with Gasteiger partial charge in [0, 0.05) is 18.3 Å². The van der Waals surface area contributed by atoms with E-state index in [1.165, 1.54) is 30.2 Å². The second kappa shape index (κ2) is 12.2. The number of rotatable bonds is 7. The van der Waals surface area contributed by atoms with Crippen LogP contribution < -0.4 is 19.9 Å². The van der Waals surface area contributed by atoms with E-state index in [0.717, 1.165) is 18.2 Å². The molecule has 1 aliphatic rings. The Morgan fingerprint density at radius 2 is 1.74 bits per heavy atom. The number of fused-ring (bicyclic) bond motifs is 1. The Hall–Kier alpha value is -3.87. The summed E-state index contributed by atoms with van der Waals surface area (Å²) in [5, 5.41) is 2.64. The number of anilines is 3. The number of nitrogens with one attached hydrogen (secondary N) is 1. The lowest BCUT2D eigenvalue weighted by Crippen LogP contribution is -2.45. The number of hydrogen-bond acceptors (Lipinski definition) is 6. The lowest BCUT2D eigenvalue weighted by molar-refractivity contribution is -0.137. The van der Waals surface area contributed by atoms with Crippen LogP contribution in [0.4, 0.5) is 39.4 Å². The third-order valence-electron chi connectivity index (χ3n) is 6.30. The van der Waals surface area contributed by atoms with Crippen molar-refractivity contribution in [3.8, 4) is 5.88 Å². The van der Waals surface area contributed by atoms with Crippen LogP contribution in [0.3, 0.4) is 0 Å². The average Bonchev–Trinajstić information content (AvgIpc) is 2.90. The molecule has 4 rings (SSSR count). The zero-order valence-corrected chi connectivity index (χ0v) is 24.9. The summed E-state index contributed by atoms with van der Waals surface area (Å²) in [4.78, 5) is 32.8. The first-order valence-corrected chi connectivity index (χ1v) is 13.7. The van der Waals surface area contributed by atoms with Crippen molar-refractivity contribution in [2.45, 2.75) is 45.4 Å². The number of aryl methyl sites for hydroxylation is 1. The van der Waals surface area contributed by atoms with Gasteiger partial charge < -0.3 is 19.7 Å². The molecule has 0 bridgehead atoms. The molecule has 0 fully saturated rings. The molecule has 8 nitrogen and oxygen atoms in total. The Morgan fingerprint density at radius 3 is 2.38 bits per heavy atom. The van der Waals surface area contributed by atoms with Crippen molar-refractivity contribution >= 4 is 45.0 Å². The number of benzene rings is 2. The molecule has 2 aromatic carbocycles. The molecule has 2 heterocycles. The maximum absolute atomic E-state index is 14.4. The van der Waals surface area contributed by atoms with Crippen LogP contribution in [0.15, 0.2) is 53.1 Å². The highest BCUT2D eigenvalue weighted by Crippen LogP contribution is 2.42. The van der Waals surface area contributed by atoms with Gasteiger partial charge in [-0.1, -0.05) is 0 Å². The Kier molecular flexibility index (Phi) is 9.00. The van der Waals surface area contributed by atoms with E-state index in [-0.39, 0.29) is 35.5 Å². The van der Waals surface area contributed by atoms with E-state index in [1.54, 1.807) is 37.8 Å². The Bertz CT molecular complexity index is 1490. The summed E-state index contributed by atoms with van der Waals surface area (Å²) in [7, 11) is 1.44. The number of carbonyl (C=O) groups excluding carboxylic acids is 2. The summed E-state index contributed by atoms with van der Waals surface area (Å²) in [5.74, 6) is -0.777. The molecule has 1 aromatic heterocycles. The second-order valence-corrected chi connectivity index (χ2v) is 11.3. The number of alkyl carbamates (subject to hydrolysis) is 1. The minimum absolute atomic E-state index is 0.0267. The molecule has 0 atom stereocenters. The van der Waals surface area contributed by atoms with Crippen LogP contribution in [0.1, 0.15) is 48.7 Å². The van der Waals surface area contributed by atoms with Crippen LogP contribution in [-0.4, -0.2) is 42.9 Å². The number of amides is 2. The van der Waals surface area contributed by atoms with Gasteiger partial charge in [0.1, 0.15) is 22.7 Å². The van der Waals surface area contributed by atoms with E-state index in [9.17, 15) is 27.2 Å². The molecule has 0 saturated carbocycles. The Balaban J connectivity index is 1.72. The molecular weight excluding hydrogens is 624 g/mol. The van der Waals surface area contributed by atoms with Crippen molar-refractivity contribution in [1.82, 2.24) is 10.3 Å². The number of aromatic nitrogens is 1. The van der Waals surface area contributed by atoms with E-state index in [2.05, 4.69) is 26.2 Å². The van der Waals surface area contributed by atoms with Crippen LogP contribution >= 0.6 is 15.9 Å². The fourth-order valence-electron chi connectivity index (χ4n) is 4.46. The Labute approximate surface area is 248 Å². The molecule has 0 saturated heterocycles. The van der Waals surface area contributed by atoms with Gasteiger partial charge in [-0.15, -0.1) is 0 Å². The summed E-state index contributed by atoms with van der Waals surface area (Å²) in [6, 6.07) is 10.0. The van der Waals surface area contributed by atoms with Crippen molar-refractivity contribution in [2.75, 3.05) is 30.1 Å². The smallest absolute Gasteiger partial charge is 0.416 e. The minimum atomic E-state index is -4.65. The lowest BCUT2D eigenvalue weighted by Gasteiger charge is -2.39. The van der Waals surface area contributed by atoms with E-state index >= 15 is 0 Å². The fraction of sp³-hybridized carbons (Fsp3) is 0.345. The molecule has 0 spiro atoms. The summed E-state index contributed by atoms with van der Waals surface area (Å²) in [5.41, 5.74) is -0.294. The number of nitrogens with zero attached hydrogens (tertiary/aromatic N) is 3. The molecule has 0 unspecified atom stereocenters. The predicted molar refractivity (Wildman–Crippen MR) is 153 cm³/mol. The molecule has 3 aromatic rings. The molecule has 0 radical (unpaired) electrons. The standard InChI is InChI=1S/C29H29BrF4N4O4/c1-28(2,3)42-27(40)35-13-5-6-17-14-19(31)8-10-21(17)37-16-38(22-11-12-24(41-4)36-25(22)30)26(39)20-9-7-18(15-23(20)37)29(32,33)34/h7-12,14-15H,5-6,13,16H2,1-4H3,(H,35,40). The number of carbonyl (C=O) groups is 2. The summed E-state index contributed by atoms with van der Waals surface area (Å²) >= 11 is 3.35. The first kappa shape index (κ1) is 31.1. The van der Waals surface area contributed by atoms with Crippen LogP contribution in [0.25, 0.3) is 0 Å². The third-order valence-corrected chi connectivity index (χ3v) is 6.88. The van der Waals surface area contributed by atoms with Crippen molar-refractivity contribution in [3.63, 3.8) is 0 Å². The van der Waals surface area contributed by atoms with Crippen LogP contribution in [0.2, 0.25) is 0 Å². The summed E-state index contributed by atoms with van der Waals surface area (Å²) in [6.45, 7) is 5.24. The van der Waals surface area contributed by atoms with Crippen LogP contribution in [-0.2, 0) is 17.3 Å². The van der Waals surface area contributed by atoms with Crippen LogP contribution in [0.5, 0.6) is 5.88 Å². The van der Waals surface area contributed by atoms with Gasteiger partial charge in [-0.2, -0.15) is 13.2 Å². The number of alkyl halides is 3. The normalized spacial score (nSPS) is 13.6. The monoisotopic (exact) mass is 652 g/mol. The Morgan fingerprint density at radius 1 is 1.02 bits per heavy atom. The van der Waals surface area contributed by atoms with E-state index in [4.69, 9.17) is 9.47 Å². The molecular formula is C29H29BrF4N4O4. The predicted octanol–water partition coefficient (Wildman–Crippen LogP) is 7.22. The molecule has 224 valence electrons. The van der Waals surface area contributed by atoms with Gasteiger partial charge in [-0.3, -0.25) is 9.69 Å². The molecule has 13 heteroatoms. The molecule has 0 aliphatic carbocycles. The molecule has 42 heavy (non-hydrogen) atoms. The number of pyridine rings is 1. The van der Waals surface area contributed by atoms with Gasteiger partial charge >= 0.3 is 12.3 Å². The number of ether oxygens (including phenoxy) is 2. The highest BCUT2D eigenvalue weighted by Gasteiger charge is 2.37. The zero-order valence-electron chi connectivity index (χ0n) is 23.3. The second-order valence-electron chi connectivity index (χ2n) is 10.5. The van der Waals surface area contributed by atoms with Crippen LogP contribution in [0, 0.1) is 5.82 Å². The minimum Gasteiger partial charge on any atom is -0.481 e. The summed E-state index contributed by atoms with van der Waals surface area (Å²) < 4.78 is 66.3. The number of halogens is 5. The fourth-order valence-corrected chi connectivity index (χ4v) is 4.98. The lowest BCUT2D eigenvalue weighted by atomic mass is 10.0. The zero-order chi connectivity index (χ0) is 30.8. The maximum Gasteiger partial charge on any atom is 0.416 e. The van der Waals surface area contributed by atoms with Gasteiger partial charge in [0.25, 0.3) is 5.91 Å². The van der Waals surface area contributed by atoms with E-state index in [1.807, 2.05) is 0 Å². The summed E-state index contributed by atoms with van der Waals surface area (Å²) in [6.07, 6.45) is -4.59. The van der Waals surface area contributed by atoms with Gasteiger partial charge in [0.05, 0.1) is 29.6 Å².